The molecule has 1 heterocycles. The van der Waals surface area contributed by atoms with Gasteiger partial charge in [0.1, 0.15) is 11.6 Å². The van der Waals surface area contributed by atoms with E-state index in [0.717, 1.165) is 18.3 Å². The molecule has 3 aromatic rings. The molecule has 0 spiro atoms. The molecule has 0 bridgehead atoms. The van der Waals surface area contributed by atoms with Gasteiger partial charge in [0.25, 0.3) is 0 Å². The molecule has 4 nitrogen and oxygen atoms in total. The number of alkyl halides is 3. The molecule has 0 unspecified atom stereocenters. The molecule has 0 saturated heterocycles. The molecular formula is C21H14ClF4NO3. The molecule has 0 atom stereocenters. The Labute approximate surface area is 173 Å². The molecule has 30 heavy (non-hydrogen) atoms. The van der Waals surface area contributed by atoms with Gasteiger partial charge >= 0.3 is 12.3 Å². The first-order valence-electron chi connectivity index (χ1n) is 8.56. The van der Waals surface area contributed by atoms with Gasteiger partial charge in [0, 0.05) is 16.8 Å². The number of benzene rings is 2. The fraction of sp³-hybridized carbons (Fsp3) is 0.143. The second kappa shape index (κ2) is 8.31. The Hall–Kier alpha value is -3.13. The SMILES string of the molecule is Cc1ccc(-c2cc(Cc3ccc(OC(F)(F)F)cc3Cl)c(C(=O)O)cn2)cc1F. The van der Waals surface area contributed by atoms with E-state index in [9.17, 15) is 27.5 Å². The first kappa shape index (κ1) is 21.6. The first-order chi connectivity index (χ1) is 14.0. The minimum atomic E-state index is -4.86. The second-order valence-corrected chi connectivity index (χ2v) is 6.88. The first-order valence-corrected chi connectivity index (χ1v) is 8.94. The Kier molecular flexibility index (Phi) is 5.98. The van der Waals surface area contributed by atoms with Gasteiger partial charge in [-0.2, -0.15) is 0 Å². The van der Waals surface area contributed by atoms with Crippen LogP contribution in [-0.4, -0.2) is 22.4 Å². The minimum Gasteiger partial charge on any atom is -0.478 e. The zero-order valence-electron chi connectivity index (χ0n) is 15.4. The molecule has 0 fully saturated rings. The van der Waals surface area contributed by atoms with Gasteiger partial charge in [-0.1, -0.05) is 29.8 Å². The van der Waals surface area contributed by atoms with Crippen LogP contribution in [0.3, 0.4) is 0 Å². The number of carboxylic acid groups (broad SMARTS) is 1. The van der Waals surface area contributed by atoms with E-state index in [1.807, 2.05) is 0 Å². The lowest BCUT2D eigenvalue weighted by molar-refractivity contribution is -0.274. The second-order valence-electron chi connectivity index (χ2n) is 6.47. The third-order valence-electron chi connectivity index (χ3n) is 4.33. The number of aromatic carboxylic acids is 1. The van der Waals surface area contributed by atoms with Gasteiger partial charge < -0.3 is 9.84 Å². The molecule has 1 aromatic heterocycles. The zero-order valence-corrected chi connectivity index (χ0v) is 16.2. The van der Waals surface area contributed by atoms with E-state index in [2.05, 4.69) is 9.72 Å². The normalized spacial score (nSPS) is 11.4. The van der Waals surface area contributed by atoms with Crippen molar-refractivity contribution < 1.29 is 32.2 Å². The fourth-order valence-corrected chi connectivity index (χ4v) is 3.06. The summed E-state index contributed by atoms with van der Waals surface area (Å²) in [5.41, 5.74) is 1.87. The van der Waals surface area contributed by atoms with Crippen molar-refractivity contribution in [3.8, 4) is 17.0 Å². The predicted molar refractivity (Wildman–Crippen MR) is 102 cm³/mol. The molecule has 0 aliphatic rings. The number of carbonyl (C=O) groups is 1. The number of halogens is 5. The lowest BCUT2D eigenvalue weighted by atomic mass is 9.98. The Balaban J connectivity index is 1.98. The van der Waals surface area contributed by atoms with E-state index in [-0.39, 0.29) is 17.0 Å². The van der Waals surface area contributed by atoms with Crippen LogP contribution in [0.15, 0.2) is 48.7 Å². The van der Waals surface area contributed by atoms with Crippen LogP contribution in [0.4, 0.5) is 17.6 Å². The molecule has 0 saturated carbocycles. The highest BCUT2D eigenvalue weighted by atomic mass is 35.5. The summed E-state index contributed by atoms with van der Waals surface area (Å²) in [5, 5.41) is 9.43. The van der Waals surface area contributed by atoms with E-state index in [4.69, 9.17) is 11.6 Å². The van der Waals surface area contributed by atoms with Gasteiger partial charge in [0.2, 0.25) is 0 Å². The van der Waals surface area contributed by atoms with E-state index < -0.39 is 23.9 Å². The van der Waals surface area contributed by atoms with Gasteiger partial charge in [0.05, 0.1) is 11.3 Å². The highest BCUT2D eigenvalue weighted by Gasteiger charge is 2.31. The zero-order chi connectivity index (χ0) is 22.1. The molecule has 0 aliphatic heterocycles. The smallest absolute Gasteiger partial charge is 0.478 e. The lowest BCUT2D eigenvalue weighted by Gasteiger charge is -2.13. The Morgan fingerprint density at radius 3 is 2.47 bits per heavy atom. The quantitative estimate of drug-likeness (QED) is 0.492. The minimum absolute atomic E-state index is 0.0105. The molecular weight excluding hydrogens is 426 g/mol. The summed E-state index contributed by atoms with van der Waals surface area (Å²) in [5.74, 6) is -2.14. The molecule has 2 aromatic carbocycles. The topological polar surface area (TPSA) is 59.4 Å². The third-order valence-corrected chi connectivity index (χ3v) is 4.68. The van der Waals surface area contributed by atoms with Crippen molar-refractivity contribution in [2.24, 2.45) is 0 Å². The van der Waals surface area contributed by atoms with Crippen LogP contribution in [0.2, 0.25) is 5.02 Å². The van der Waals surface area contributed by atoms with Crippen molar-refractivity contribution in [2.45, 2.75) is 19.7 Å². The van der Waals surface area contributed by atoms with E-state index in [0.29, 0.717) is 27.9 Å². The summed E-state index contributed by atoms with van der Waals surface area (Å²) >= 11 is 6.08. The maximum absolute atomic E-state index is 13.9. The summed E-state index contributed by atoms with van der Waals surface area (Å²) in [6, 6.07) is 9.42. The van der Waals surface area contributed by atoms with Crippen LogP contribution in [0.5, 0.6) is 5.75 Å². The number of aromatic nitrogens is 1. The van der Waals surface area contributed by atoms with Gasteiger partial charge in [-0.15, -0.1) is 13.2 Å². The van der Waals surface area contributed by atoms with Crippen LogP contribution < -0.4 is 4.74 Å². The van der Waals surface area contributed by atoms with Crippen LogP contribution in [0.25, 0.3) is 11.3 Å². The summed E-state index contributed by atoms with van der Waals surface area (Å²) in [6.45, 7) is 1.61. The maximum atomic E-state index is 13.9. The number of hydrogen-bond acceptors (Lipinski definition) is 3. The lowest BCUT2D eigenvalue weighted by Crippen LogP contribution is -2.17. The number of aryl methyl sites for hydroxylation is 1. The maximum Gasteiger partial charge on any atom is 0.573 e. The van der Waals surface area contributed by atoms with Gasteiger partial charge in [-0.3, -0.25) is 4.98 Å². The molecule has 3 rings (SSSR count). The van der Waals surface area contributed by atoms with Gasteiger partial charge in [-0.25, -0.2) is 9.18 Å². The highest BCUT2D eigenvalue weighted by molar-refractivity contribution is 6.31. The van der Waals surface area contributed by atoms with Crippen molar-refractivity contribution in [3.63, 3.8) is 0 Å². The fourth-order valence-electron chi connectivity index (χ4n) is 2.82. The van der Waals surface area contributed by atoms with Crippen LogP contribution >= 0.6 is 11.6 Å². The molecule has 0 aliphatic carbocycles. The number of carboxylic acids is 1. The standard InChI is InChI=1S/C21H14ClF4NO3/c1-11-2-3-13(7-18(11)23)19-8-14(16(10-27-19)20(28)29)6-12-4-5-15(9-17(12)22)30-21(24,25)26/h2-5,7-10H,6H2,1H3,(H,28,29). The van der Waals surface area contributed by atoms with E-state index in [1.165, 1.54) is 18.2 Å². The number of ether oxygens (including phenoxy) is 1. The Morgan fingerprint density at radius 1 is 1.13 bits per heavy atom. The monoisotopic (exact) mass is 439 g/mol. The van der Waals surface area contributed by atoms with Crippen molar-refractivity contribution in [3.05, 3.63) is 81.8 Å². The largest absolute Gasteiger partial charge is 0.573 e. The number of rotatable bonds is 5. The van der Waals surface area contributed by atoms with Crippen molar-refractivity contribution in [1.82, 2.24) is 4.98 Å². The average molecular weight is 440 g/mol. The van der Waals surface area contributed by atoms with Crippen molar-refractivity contribution in [2.75, 3.05) is 0 Å². The van der Waals surface area contributed by atoms with Gasteiger partial charge in [0.15, 0.2) is 0 Å². The van der Waals surface area contributed by atoms with Crippen LogP contribution in [-0.2, 0) is 6.42 Å². The van der Waals surface area contributed by atoms with Crippen molar-refractivity contribution in [1.29, 1.82) is 0 Å². The van der Waals surface area contributed by atoms with Crippen LogP contribution in [0, 0.1) is 12.7 Å². The Morgan fingerprint density at radius 2 is 1.87 bits per heavy atom. The summed E-state index contributed by atoms with van der Waals surface area (Å²) in [7, 11) is 0. The molecule has 0 amide bonds. The van der Waals surface area contributed by atoms with Gasteiger partial charge in [-0.05, 0) is 54.3 Å². The number of nitrogens with zero attached hydrogens (tertiary/aromatic N) is 1. The Bertz CT molecular complexity index is 1120. The molecule has 1 N–H and O–H groups in total. The summed E-state index contributed by atoms with van der Waals surface area (Å²) < 4.78 is 54.8. The van der Waals surface area contributed by atoms with Crippen molar-refractivity contribution >= 4 is 17.6 Å². The third kappa shape index (κ3) is 5.07. The summed E-state index contributed by atoms with van der Waals surface area (Å²) in [6.07, 6.45) is -3.69. The predicted octanol–water partition coefficient (Wildman–Crippen LogP) is 6.04. The number of hydrogen-bond donors (Lipinski definition) is 1. The van der Waals surface area contributed by atoms with E-state index >= 15 is 0 Å². The van der Waals surface area contributed by atoms with Crippen LogP contribution in [0.1, 0.15) is 27.0 Å². The number of pyridine rings is 1. The molecule has 156 valence electrons. The molecule has 9 heteroatoms. The molecule has 0 radical (unpaired) electrons. The van der Waals surface area contributed by atoms with E-state index in [1.54, 1.807) is 19.1 Å². The average Bonchev–Trinajstić information content (AvgIpc) is 2.64. The summed E-state index contributed by atoms with van der Waals surface area (Å²) in [4.78, 5) is 15.7. The highest BCUT2D eigenvalue weighted by Crippen LogP contribution is 2.30.